The fraction of sp³-hybridized carbons (Fsp3) is 0.409. The van der Waals surface area contributed by atoms with Crippen LogP contribution < -0.4 is 19.5 Å². The average molecular weight is 383 g/mol. The summed E-state index contributed by atoms with van der Waals surface area (Å²) in [5.74, 6) is 1.93. The Bertz CT molecular complexity index is 831. The van der Waals surface area contributed by atoms with Crippen LogP contribution in [0, 0.1) is 0 Å². The highest BCUT2D eigenvalue weighted by Crippen LogP contribution is 2.39. The Labute approximate surface area is 164 Å². The van der Waals surface area contributed by atoms with Crippen LogP contribution in [0.2, 0.25) is 0 Å². The number of carbonyl (C=O) groups is 1. The molecule has 0 radical (unpaired) electrons. The summed E-state index contributed by atoms with van der Waals surface area (Å²) in [5.41, 5.74) is 0.876. The van der Waals surface area contributed by atoms with Gasteiger partial charge in [0.15, 0.2) is 11.5 Å². The molecule has 0 aliphatic carbocycles. The van der Waals surface area contributed by atoms with Crippen molar-refractivity contribution in [1.29, 1.82) is 0 Å². The number of benzene rings is 2. The van der Waals surface area contributed by atoms with Crippen LogP contribution in [0.1, 0.15) is 18.4 Å². The van der Waals surface area contributed by atoms with Gasteiger partial charge in [0.05, 0.1) is 7.11 Å². The van der Waals surface area contributed by atoms with Gasteiger partial charge in [0.2, 0.25) is 6.10 Å². The SMILES string of the molecule is COc1ccccc1C1(CNC(=O)C2COc3ccccc3O2)CCOCC1. The van der Waals surface area contributed by atoms with Crippen molar-refractivity contribution in [2.45, 2.75) is 24.4 Å². The first-order valence-corrected chi connectivity index (χ1v) is 9.59. The maximum absolute atomic E-state index is 12.8. The second-order valence-corrected chi connectivity index (χ2v) is 7.18. The summed E-state index contributed by atoms with van der Waals surface area (Å²) >= 11 is 0. The van der Waals surface area contributed by atoms with Gasteiger partial charge in [-0.1, -0.05) is 30.3 Å². The smallest absolute Gasteiger partial charge is 0.264 e. The monoisotopic (exact) mass is 383 g/mol. The molecule has 0 spiro atoms. The van der Waals surface area contributed by atoms with Gasteiger partial charge in [0.25, 0.3) is 5.91 Å². The third-order valence-corrected chi connectivity index (χ3v) is 5.53. The van der Waals surface area contributed by atoms with E-state index < -0.39 is 6.10 Å². The molecular weight excluding hydrogens is 358 g/mol. The number of hydrogen-bond acceptors (Lipinski definition) is 5. The van der Waals surface area contributed by atoms with Crippen molar-refractivity contribution in [3.63, 3.8) is 0 Å². The van der Waals surface area contributed by atoms with Crippen LogP contribution in [0.25, 0.3) is 0 Å². The minimum atomic E-state index is -0.663. The van der Waals surface area contributed by atoms with Crippen molar-refractivity contribution in [3.8, 4) is 17.2 Å². The first-order chi connectivity index (χ1) is 13.7. The molecule has 2 heterocycles. The number of nitrogens with one attached hydrogen (secondary N) is 1. The van der Waals surface area contributed by atoms with E-state index in [-0.39, 0.29) is 17.9 Å². The predicted molar refractivity (Wildman–Crippen MR) is 104 cm³/mol. The maximum atomic E-state index is 12.8. The summed E-state index contributed by atoms with van der Waals surface area (Å²) in [6.45, 7) is 2.01. The molecule has 1 fully saturated rings. The normalized spacial score (nSPS) is 20.2. The van der Waals surface area contributed by atoms with Gasteiger partial charge in [-0.05, 0) is 31.0 Å². The van der Waals surface area contributed by atoms with Crippen molar-refractivity contribution in [1.82, 2.24) is 5.32 Å². The second kappa shape index (κ2) is 8.10. The highest BCUT2D eigenvalue weighted by Gasteiger charge is 2.38. The lowest BCUT2D eigenvalue weighted by atomic mass is 9.73. The summed E-state index contributed by atoms with van der Waals surface area (Å²) in [7, 11) is 1.68. The number of amides is 1. The lowest BCUT2D eigenvalue weighted by Gasteiger charge is -2.39. The van der Waals surface area contributed by atoms with Crippen LogP contribution in [-0.4, -0.2) is 45.5 Å². The molecule has 2 aromatic carbocycles. The van der Waals surface area contributed by atoms with Crippen molar-refractivity contribution in [2.75, 3.05) is 33.5 Å². The summed E-state index contributed by atoms with van der Waals surface area (Å²) in [6, 6.07) is 15.4. The fourth-order valence-electron chi connectivity index (χ4n) is 3.91. The Morgan fingerprint density at radius 1 is 1.11 bits per heavy atom. The van der Waals surface area contributed by atoms with Gasteiger partial charge < -0.3 is 24.3 Å². The van der Waals surface area contributed by atoms with Gasteiger partial charge in [-0.3, -0.25) is 4.79 Å². The molecule has 0 bridgehead atoms. The molecule has 2 aliphatic heterocycles. The summed E-state index contributed by atoms with van der Waals surface area (Å²) in [6.07, 6.45) is 0.973. The number of carbonyl (C=O) groups excluding carboxylic acids is 1. The Hall–Kier alpha value is -2.73. The van der Waals surface area contributed by atoms with Crippen LogP contribution in [0.5, 0.6) is 17.2 Å². The number of rotatable bonds is 5. The second-order valence-electron chi connectivity index (χ2n) is 7.18. The molecule has 6 nitrogen and oxygen atoms in total. The van der Waals surface area contributed by atoms with Crippen molar-refractivity contribution in [2.24, 2.45) is 0 Å². The van der Waals surface area contributed by atoms with Crippen LogP contribution in [0.3, 0.4) is 0 Å². The number of methoxy groups -OCH3 is 1. The van der Waals surface area contributed by atoms with Crippen molar-refractivity contribution >= 4 is 5.91 Å². The molecule has 1 amide bonds. The zero-order chi connectivity index (χ0) is 19.4. The fourth-order valence-corrected chi connectivity index (χ4v) is 3.91. The lowest BCUT2D eigenvalue weighted by Crippen LogP contribution is -2.50. The van der Waals surface area contributed by atoms with E-state index in [1.54, 1.807) is 7.11 Å². The zero-order valence-electron chi connectivity index (χ0n) is 16.0. The average Bonchev–Trinajstić information content (AvgIpc) is 2.77. The van der Waals surface area contributed by atoms with Gasteiger partial charge in [-0.25, -0.2) is 0 Å². The zero-order valence-corrected chi connectivity index (χ0v) is 16.0. The van der Waals surface area contributed by atoms with Gasteiger partial charge >= 0.3 is 0 Å². The molecule has 1 atom stereocenters. The van der Waals surface area contributed by atoms with E-state index in [1.807, 2.05) is 42.5 Å². The van der Waals surface area contributed by atoms with Gasteiger partial charge in [0.1, 0.15) is 12.4 Å². The molecule has 1 unspecified atom stereocenters. The van der Waals surface area contributed by atoms with Crippen molar-refractivity contribution in [3.05, 3.63) is 54.1 Å². The Morgan fingerprint density at radius 3 is 2.61 bits per heavy atom. The summed E-state index contributed by atoms with van der Waals surface area (Å²) < 4.78 is 22.7. The number of hydrogen-bond donors (Lipinski definition) is 1. The Kier molecular flexibility index (Phi) is 5.39. The van der Waals surface area contributed by atoms with Gasteiger partial charge in [-0.15, -0.1) is 0 Å². The Balaban J connectivity index is 1.49. The van der Waals surface area contributed by atoms with E-state index in [0.29, 0.717) is 31.3 Å². The van der Waals surface area contributed by atoms with Gasteiger partial charge in [0, 0.05) is 30.7 Å². The van der Waals surface area contributed by atoms with Crippen molar-refractivity contribution < 1.29 is 23.7 Å². The van der Waals surface area contributed by atoms with E-state index in [9.17, 15) is 4.79 Å². The third kappa shape index (κ3) is 3.64. The first-order valence-electron chi connectivity index (χ1n) is 9.59. The minimum Gasteiger partial charge on any atom is -0.496 e. The number of para-hydroxylation sites is 3. The molecule has 0 saturated carbocycles. The molecule has 0 aromatic heterocycles. The lowest BCUT2D eigenvalue weighted by molar-refractivity contribution is -0.130. The molecular formula is C22H25NO5. The largest absolute Gasteiger partial charge is 0.496 e. The predicted octanol–water partition coefficient (Wildman–Crippen LogP) is 2.70. The minimum absolute atomic E-state index is 0.171. The van der Waals surface area contributed by atoms with Crippen LogP contribution in [0.4, 0.5) is 0 Å². The molecule has 2 aliphatic rings. The number of ether oxygens (including phenoxy) is 4. The molecule has 6 heteroatoms. The van der Waals surface area contributed by atoms with E-state index in [1.165, 1.54) is 0 Å². The first kappa shape index (κ1) is 18.6. The van der Waals surface area contributed by atoms with Crippen LogP contribution in [-0.2, 0) is 14.9 Å². The highest BCUT2D eigenvalue weighted by molar-refractivity contribution is 5.82. The number of fused-ring (bicyclic) bond motifs is 1. The topological polar surface area (TPSA) is 66.0 Å². The van der Waals surface area contributed by atoms with E-state index >= 15 is 0 Å². The molecule has 1 saturated heterocycles. The van der Waals surface area contributed by atoms with Gasteiger partial charge in [-0.2, -0.15) is 0 Å². The quantitative estimate of drug-likeness (QED) is 0.860. The third-order valence-electron chi connectivity index (χ3n) is 5.53. The van der Waals surface area contributed by atoms with E-state index in [4.69, 9.17) is 18.9 Å². The summed E-state index contributed by atoms with van der Waals surface area (Å²) in [4.78, 5) is 12.8. The highest BCUT2D eigenvalue weighted by atomic mass is 16.6. The Morgan fingerprint density at radius 2 is 1.82 bits per heavy atom. The summed E-state index contributed by atoms with van der Waals surface area (Å²) in [5, 5.41) is 3.09. The molecule has 28 heavy (non-hydrogen) atoms. The molecule has 148 valence electrons. The molecule has 4 rings (SSSR count). The van der Waals surface area contributed by atoms with Crippen LogP contribution >= 0.6 is 0 Å². The van der Waals surface area contributed by atoms with Crippen LogP contribution in [0.15, 0.2) is 48.5 Å². The molecule has 2 aromatic rings. The molecule has 1 N–H and O–H groups in total. The maximum Gasteiger partial charge on any atom is 0.264 e. The van der Waals surface area contributed by atoms with E-state index in [0.717, 1.165) is 24.2 Å². The van der Waals surface area contributed by atoms with E-state index in [2.05, 4.69) is 11.4 Å². The standard InChI is InChI=1S/C22H25NO5/c1-25-17-7-3-2-6-16(17)22(10-12-26-13-11-22)15-23-21(24)20-14-27-18-8-4-5-9-19(18)28-20/h2-9,20H,10-15H2,1H3,(H,23,24).